The summed E-state index contributed by atoms with van der Waals surface area (Å²) in [7, 11) is 0. The fourth-order valence-corrected chi connectivity index (χ4v) is 8.31. The van der Waals surface area contributed by atoms with E-state index in [4.69, 9.17) is 9.47 Å². The zero-order chi connectivity index (χ0) is 27.8. The number of aliphatic hydroxyl groups excluding tert-OH is 3. The molecule has 1 heterocycles. The van der Waals surface area contributed by atoms with E-state index in [1.54, 1.807) is 13.0 Å². The molecule has 0 amide bonds. The Balaban J connectivity index is 1.34. The van der Waals surface area contributed by atoms with Crippen molar-refractivity contribution in [1.29, 1.82) is 0 Å². The van der Waals surface area contributed by atoms with Crippen LogP contribution in [0, 0.1) is 28.6 Å². The van der Waals surface area contributed by atoms with Gasteiger partial charge in [-0.2, -0.15) is 0 Å². The molecular formula is C27H36O11. The van der Waals surface area contributed by atoms with Crippen molar-refractivity contribution in [2.75, 3.05) is 6.61 Å². The van der Waals surface area contributed by atoms with Gasteiger partial charge in [-0.15, -0.1) is 0 Å². The van der Waals surface area contributed by atoms with Gasteiger partial charge in [-0.25, -0.2) is 4.79 Å². The number of ketones is 3. The first-order valence-electron chi connectivity index (χ1n) is 13.3. The van der Waals surface area contributed by atoms with E-state index in [9.17, 15) is 44.7 Å². The molecular weight excluding hydrogens is 500 g/mol. The van der Waals surface area contributed by atoms with Crippen LogP contribution in [0.4, 0.5) is 0 Å². The van der Waals surface area contributed by atoms with E-state index in [2.05, 4.69) is 6.92 Å². The predicted octanol–water partition coefficient (Wildman–Crippen LogP) is -0.0937. The number of ether oxygens (including phenoxy) is 2. The summed E-state index contributed by atoms with van der Waals surface area (Å²) in [5, 5.41) is 51.0. The van der Waals surface area contributed by atoms with Crippen molar-refractivity contribution >= 4 is 23.3 Å². The van der Waals surface area contributed by atoms with E-state index < -0.39 is 65.5 Å². The summed E-state index contributed by atoms with van der Waals surface area (Å²) in [6.07, 6.45) is -4.39. The summed E-state index contributed by atoms with van der Waals surface area (Å²) in [5.74, 6) is -2.62. The fourth-order valence-electron chi connectivity index (χ4n) is 8.31. The molecule has 5 N–H and O–H groups in total. The van der Waals surface area contributed by atoms with Crippen LogP contribution in [-0.4, -0.2) is 91.8 Å². The van der Waals surface area contributed by atoms with Gasteiger partial charge >= 0.3 is 5.97 Å². The van der Waals surface area contributed by atoms with E-state index in [0.29, 0.717) is 32.1 Å². The number of aliphatic hydroxyl groups is 4. The van der Waals surface area contributed by atoms with Crippen molar-refractivity contribution in [3.05, 3.63) is 11.6 Å². The van der Waals surface area contributed by atoms with E-state index in [0.717, 1.165) is 5.57 Å². The van der Waals surface area contributed by atoms with Crippen LogP contribution in [0.5, 0.6) is 0 Å². The SMILES string of the molecule is C[C@]12CCC(=O)C=C1CC[C@@H]1[C@@H]2C(=O)C[C@@]2(C)[C@H]1CC[C@]2(O)C(=O)CO[C@H]1O[C@@H](C(=O)O)[C@@H](O)[C@@H](O)[C@@H]1O. The Kier molecular flexibility index (Phi) is 6.72. The van der Waals surface area contributed by atoms with E-state index in [-0.39, 0.29) is 42.2 Å². The Morgan fingerprint density at radius 2 is 1.76 bits per heavy atom. The maximum Gasteiger partial charge on any atom is 0.335 e. The lowest BCUT2D eigenvalue weighted by Gasteiger charge is -2.57. The van der Waals surface area contributed by atoms with Crippen LogP contribution in [-0.2, 0) is 28.7 Å². The number of carboxylic acids is 1. The molecule has 0 spiro atoms. The highest BCUT2D eigenvalue weighted by molar-refractivity contribution is 5.94. The Bertz CT molecular complexity index is 1080. The van der Waals surface area contributed by atoms with Gasteiger partial charge < -0.3 is 35.0 Å². The first-order valence-corrected chi connectivity index (χ1v) is 13.3. The van der Waals surface area contributed by atoms with Gasteiger partial charge in [-0.3, -0.25) is 14.4 Å². The van der Waals surface area contributed by atoms with Crippen LogP contribution in [0.1, 0.15) is 58.8 Å². The largest absolute Gasteiger partial charge is 0.479 e. The minimum absolute atomic E-state index is 0.00639. The second-order valence-electron chi connectivity index (χ2n) is 12.3. The topological polar surface area (TPSA) is 188 Å². The highest BCUT2D eigenvalue weighted by Gasteiger charge is 2.68. The summed E-state index contributed by atoms with van der Waals surface area (Å²) < 4.78 is 10.4. The second-order valence-corrected chi connectivity index (χ2v) is 12.3. The molecule has 0 aromatic carbocycles. The molecule has 11 nitrogen and oxygen atoms in total. The Hall–Kier alpha value is -2.02. The van der Waals surface area contributed by atoms with Gasteiger partial charge in [0.05, 0.1) is 0 Å². The molecule has 1 saturated heterocycles. The first kappa shape index (κ1) is 27.5. The first-order chi connectivity index (χ1) is 17.7. The van der Waals surface area contributed by atoms with E-state index in [1.807, 2.05) is 0 Å². The van der Waals surface area contributed by atoms with Crippen molar-refractivity contribution in [3.8, 4) is 0 Å². The number of rotatable bonds is 5. The Morgan fingerprint density at radius 3 is 2.45 bits per heavy atom. The summed E-state index contributed by atoms with van der Waals surface area (Å²) in [6.45, 7) is 3.08. The van der Waals surface area contributed by atoms with E-state index >= 15 is 0 Å². The van der Waals surface area contributed by atoms with Crippen LogP contribution >= 0.6 is 0 Å². The number of hydrogen-bond donors (Lipinski definition) is 5. The zero-order valence-corrected chi connectivity index (χ0v) is 21.5. The molecule has 1 aliphatic heterocycles. The summed E-state index contributed by atoms with van der Waals surface area (Å²) in [4.78, 5) is 50.5. The van der Waals surface area contributed by atoms with Gasteiger partial charge in [-0.05, 0) is 55.4 Å². The number of fused-ring (bicyclic) bond motifs is 5. The number of allylic oxidation sites excluding steroid dienone is 1. The lowest BCUT2D eigenvalue weighted by Crippen LogP contribution is -2.62. The van der Waals surface area contributed by atoms with Crippen LogP contribution < -0.4 is 0 Å². The lowest BCUT2D eigenvalue weighted by molar-refractivity contribution is -0.293. The molecule has 210 valence electrons. The van der Waals surface area contributed by atoms with Crippen molar-refractivity contribution < 1.29 is 54.2 Å². The molecule has 5 rings (SSSR count). The van der Waals surface area contributed by atoms with Crippen molar-refractivity contribution in [2.24, 2.45) is 28.6 Å². The molecule has 0 aromatic heterocycles. The third-order valence-electron chi connectivity index (χ3n) is 10.5. The molecule has 38 heavy (non-hydrogen) atoms. The molecule has 4 aliphatic carbocycles. The van der Waals surface area contributed by atoms with Gasteiger partial charge in [0, 0.05) is 24.2 Å². The number of carboxylic acid groups (broad SMARTS) is 1. The highest BCUT2D eigenvalue weighted by atomic mass is 16.7. The van der Waals surface area contributed by atoms with Gasteiger partial charge in [0.2, 0.25) is 0 Å². The zero-order valence-electron chi connectivity index (χ0n) is 21.5. The monoisotopic (exact) mass is 536 g/mol. The highest BCUT2D eigenvalue weighted by Crippen LogP contribution is 2.66. The summed E-state index contributed by atoms with van der Waals surface area (Å²) >= 11 is 0. The molecule has 3 saturated carbocycles. The molecule has 4 fully saturated rings. The molecule has 0 unspecified atom stereocenters. The molecule has 0 aromatic rings. The minimum atomic E-state index is -1.90. The third-order valence-corrected chi connectivity index (χ3v) is 10.5. The number of aliphatic carboxylic acids is 1. The number of carbonyl (C=O) groups is 4. The van der Waals surface area contributed by atoms with Crippen molar-refractivity contribution in [2.45, 2.75) is 95.1 Å². The van der Waals surface area contributed by atoms with Crippen LogP contribution in [0.15, 0.2) is 11.6 Å². The van der Waals surface area contributed by atoms with Gasteiger partial charge in [0.25, 0.3) is 0 Å². The third kappa shape index (κ3) is 3.85. The average Bonchev–Trinajstić information content (AvgIpc) is 3.13. The van der Waals surface area contributed by atoms with Crippen LogP contribution in [0.25, 0.3) is 0 Å². The van der Waals surface area contributed by atoms with Gasteiger partial charge in [-0.1, -0.05) is 19.4 Å². The summed E-state index contributed by atoms with van der Waals surface area (Å²) in [5.41, 5.74) is -2.30. The number of hydrogen-bond acceptors (Lipinski definition) is 10. The van der Waals surface area contributed by atoms with Crippen molar-refractivity contribution in [1.82, 2.24) is 0 Å². The van der Waals surface area contributed by atoms with E-state index in [1.165, 1.54) is 0 Å². The molecule has 11 heteroatoms. The molecule has 0 radical (unpaired) electrons. The number of Topliss-reactive ketones (excluding diaryl/α,β-unsaturated/α-hetero) is 2. The van der Waals surface area contributed by atoms with Crippen LogP contribution in [0.2, 0.25) is 0 Å². The van der Waals surface area contributed by atoms with Gasteiger partial charge in [0.1, 0.15) is 36.3 Å². The molecule has 0 bridgehead atoms. The smallest absolute Gasteiger partial charge is 0.335 e. The minimum Gasteiger partial charge on any atom is -0.479 e. The fraction of sp³-hybridized carbons (Fsp3) is 0.778. The standard InChI is InChI=1S/C27H36O11/c1-25-7-5-13(28)9-12(25)3-4-14-15-6-8-27(36,26(15,2)10-16(29)18(14)25)17(30)11-37-24-21(33)19(31)20(32)22(38-24)23(34)35/h9,14-15,18-22,24,31-33,36H,3-8,10-11H2,1-2H3,(H,34,35)/t14-,15-,18+,19+,20-,21-,22+,24-,25-,26-,27-/m0/s1. The van der Waals surface area contributed by atoms with Crippen molar-refractivity contribution in [3.63, 3.8) is 0 Å². The molecule has 5 aliphatic rings. The lowest BCUT2D eigenvalue weighted by atomic mass is 9.46. The second kappa shape index (κ2) is 9.28. The maximum atomic E-state index is 13.7. The Morgan fingerprint density at radius 1 is 1.05 bits per heavy atom. The average molecular weight is 537 g/mol. The quantitative estimate of drug-likeness (QED) is 0.316. The Labute approximate surface area is 219 Å². The van der Waals surface area contributed by atoms with Crippen LogP contribution in [0.3, 0.4) is 0 Å². The molecule has 11 atom stereocenters. The summed E-state index contributed by atoms with van der Waals surface area (Å²) in [6, 6.07) is 0. The normalized spacial score (nSPS) is 48.5. The number of carbonyl (C=O) groups excluding carboxylic acids is 3. The maximum absolute atomic E-state index is 13.7. The predicted molar refractivity (Wildman–Crippen MR) is 127 cm³/mol. The van der Waals surface area contributed by atoms with Gasteiger partial charge in [0.15, 0.2) is 24.0 Å².